The number of carbonyl (C=O) groups is 1. The number of halogens is 3. The summed E-state index contributed by atoms with van der Waals surface area (Å²) < 4.78 is 48.1. The number of ether oxygens (including phenoxy) is 1. The van der Waals surface area contributed by atoms with E-state index in [0.717, 1.165) is 24.7 Å². The largest absolute Gasteiger partial charge is 0.495 e. The van der Waals surface area contributed by atoms with Gasteiger partial charge >= 0.3 is 5.51 Å². The first-order valence-electron chi connectivity index (χ1n) is 15.8. The fourth-order valence-corrected chi connectivity index (χ4v) is 8.65. The number of thioether (sulfide) groups is 1. The highest BCUT2D eigenvalue weighted by atomic mass is 32.2. The molecule has 3 fully saturated rings. The third kappa shape index (κ3) is 6.91. The number of anilines is 2. The Bertz CT molecular complexity index is 1670. The Hall–Kier alpha value is -3.56. The smallest absolute Gasteiger partial charge is 0.447 e. The second-order valence-electron chi connectivity index (χ2n) is 13.3. The Morgan fingerprint density at radius 2 is 2.09 bits per heavy atom. The summed E-state index contributed by atoms with van der Waals surface area (Å²) in [5.74, 6) is 8.85. The summed E-state index contributed by atoms with van der Waals surface area (Å²) in [5, 5.41) is 18.8. The van der Waals surface area contributed by atoms with Crippen molar-refractivity contribution in [1.29, 1.82) is 0 Å². The van der Waals surface area contributed by atoms with Gasteiger partial charge in [0.05, 0.1) is 36.5 Å². The number of fused-ring (bicyclic) bond motifs is 2. The number of nitrogens with zero attached hydrogens (tertiary/aromatic N) is 2. The maximum atomic E-state index is 13.7. The van der Waals surface area contributed by atoms with E-state index in [4.69, 9.17) is 4.74 Å². The average molecular weight is 656 g/mol. The van der Waals surface area contributed by atoms with Crippen molar-refractivity contribution in [3.05, 3.63) is 47.8 Å². The molecule has 46 heavy (non-hydrogen) atoms. The molecule has 0 aliphatic heterocycles. The summed E-state index contributed by atoms with van der Waals surface area (Å²) in [5.41, 5.74) is -2.22. The van der Waals surface area contributed by atoms with E-state index >= 15 is 0 Å². The first-order chi connectivity index (χ1) is 21.9. The van der Waals surface area contributed by atoms with E-state index in [2.05, 4.69) is 39.7 Å². The molecule has 1 aromatic carbocycles. The molecular weight excluding hydrogens is 615 g/mol. The normalized spacial score (nSPS) is 25.8. The zero-order chi connectivity index (χ0) is 32.6. The summed E-state index contributed by atoms with van der Waals surface area (Å²) in [4.78, 5) is 16.9. The molecule has 12 heteroatoms. The SMILES string of the molecule is COc1cc(C(=O)NC[C@@H](C)O)ccc1NCC#Cc1cc2c(N[C@@H]3CC[C@@H]4C[C@@]5(C)CC(CC45)C3)nccn2c1SC(F)(F)F. The van der Waals surface area contributed by atoms with E-state index in [0.29, 0.717) is 39.7 Å². The van der Waals surface area contributed by atoms with Crippen LogP contribution < -0.4 is 20.7 Å². The predicted octanol–water partition coefficient (Wildman–Crippen LogP) is 6.55. The molecule has 0 spiro atoms. The summed E-state index contributed by atoms with van der Waals surface area (Å²) in [6.07, 6.45) is 9.58. The van der Waals surface area contributed by atoms with Crippen molar-refractivity contribution in [1.82, 2.24) is 14.7 Å². The van der Waals surface area contributed by atoms with Crippen molar-refractivity contribution in [2.75, 3.05) is 30.8 Å². The second-order valence-corrected chi connectivity index (χ2v) is 14.3. The first kappa shape index (κ1) is 32.4. The number of methoxy groups -OCH3 is 1. The number of hydrogen-bond donors (Lipinski definition) is 4. The number of hydrogen-bond acceptors (Lipinski definition) is 7. The number of aromatic nitrogens is 2. The lowest BCUT2D eigenvalue weighted by Crippen LogP contribution is -2.42. The van der Waals surface area contributed by atoms with Crippen LogP contribution in [0.4, 0.5) is 24.7 Å². The quantitative estimate of drug-likeness (QED) is 0.153. The standard InChI is InChI=1S/C34H40F3N5O3S/c1-20(43)19-40-31(44)22-7-9-27(29(16-22)45-3)38-10-4-5-23-15-28-30(39-11-12-42(28)32(23)46-34(35,36)37)41-25-8-6-24-18-33(2)17-21(13-25)14-26(24)33/h7,9,11-12,15-16,20-21,24-26,38,43H,6,8,10,13-14,17-19H2,1-3H3,(H,39,41)(H,40,44)/t20-,21?,24-,25-,26?,33-/m1/s1. The van der Waals surface area contributed by atoms with Crippen LogP contribution in [0.5, 0.6) is 5.75 Å². The van der Waals surface area contributed by atoms with Gasteiger partial charge in [-0.2, -0.15) is 13.2 Å². The van der Waals surface area contributed by atoms with Crippen molar-refractivity contribution in [2.24, 2.45) is 23.2 Å². The Labute approximate surface area is 271 Å². The molecule has 2 heterocycles. The molecule has 6 atom stereocenters. The highest BCUT2D eigenvalue weighted by Crippen LogP contribution is 2.65. The van der Waals surface area contributed by atoms with E-state index in [1.807, 2.05) is 0 Å². The molecule has 3 aromatic rings. The van der Waals surface area contributed by atoms with Crippen LogP contribution in [0.15, 0.2) is 41.7 Å². The van der Waals surface area contributed by atoms with Crippen molar-refractivity contribution in [3.63, 3.8) is 0 Å². The van der Waals surface area contributed by atoms with Gasteiger partial charge in [-0.1, -0.05) is 18.8 Å². The van der Waals surface area contributed by atoms with E-state index in [1.54, 1.807) is 43.6 Å². The van der Waals surface area contributed by atoms with Crippen molar-refractivity contribution in [2.45, 2.75) is 75.1 Å². The van der Waals surface area contributed by atoms with Crippen LogP contribution in [0.2, 0.25) is 0 Å². The molecule has 2 bridgehead atoms. The molecule has 3 saturated carbocycles. The summed E-state index contributed by atoms with van der Waals surface area (Å²) in [6.45, 7) is 4.26. The van der Waals surface area contributed by atoms with Crippen LogP contribution in [-0.2, 0) is 0 Å². The minimum absolute atomic E-state index is 0.00404. The minimum atomic E-state index is -4.49. The number of aliphatic hydroxyl groups is 1. The first-order valence-corrected chi connectivity index (χ1v) is 16.6. The monoisotopic (exact) mass is 655 g/mol. The van der Waals surface area contributed by atoms with Gasteiger partial charge in [0.2, 0.25) is 0 Å². The number of carbonyl (C=O) groups excluding carboxylic acids is 1. The molecule has 8 nitrogen and oxygen atoms in total. The van der Waals surface area contributed by atoms with Gasteiger partial charge in [-0.15, -0.1) is 0 Å². The number of nitrogens with one attached hydrogen (secondary N) is 3. The summed E-state index contributed by atoms with van der Waals surface area (Å²) in [7, 11) is 1.47. The number of aliphatic hydroxyl groups excluding tert-OH is 1. The van der Waals surface area contributed by atoms with Crippen LogP contribution in [-0.4, -0.2) is 58.3 Å². The molecule has 2 aromatic heterocycles. The van der Waals surface area contributed by atoms with Crippen LogP contribution in [0.1, 0.15) is 68.3 Å². The van der Waals surface area contributed by atoms with Gasteiger partial charge in [0.15, 0.2) is 5.82 Å². The molecule has 2 unspecified atom stereocenters. The molecule has 0 saturated heterocycles. The summed E-state index contributed by atoms with van der Waals surface area (Å²) in [6, 6.07) is 6.76. The molecule has 3 aliphatic carbocycles. The number of alkyl halides is 3. The van der Waals surface area contributed by atoms with Gasteiger partial charge in [0.25, 0.3) is 5.91 Å². The Morgan fingerprint density at radius 1 is 1.26 bits per heavy atom. The van der Waals surface area contributed by atoms with Crippen molar-refractivity contribution in [3.8, 4) is 17.6 Å². The third-order valence-electron chi connectivity index (χ3n) is 9.86. The third-order valence-corrected chi connectivity index (χ3v) is 10.7. The van der Waals surface area contributed by atoms with Gasteiger partial charge in [-0.05, 0) is 92.9 Å². The van der Waals surface area contributed by atoms with Gasteiger partial charge < -0.3 is 30.2 Å². The predicted molar refractivity (Wildman–Crippen MR) is 173 cm³/mol. The lowest BCUT2D eigenvalue weighted by atomic mass is 9.55. The van der Waals surface area contributed by atoms with Crippen LogP contribution in [0.3, 0.4) is 0 Å². The lowest BCUT2D eigenvalue weighted by molar-refractivity contribution is -0.0330. The Balaban J connectivity index is 1.19. The Kier molecular flexibility index (Phi) is 9.09. The molecule has 6 rings (SSSR count). The van der Waals surface area contributed by atoms with E-state index in [-0.39, 0.29) is 47.4 Å². The topological polar surface area (TPSA) is 99.9 Å². The number of rotatable bonds is 9. The van der Waals surface area contributed by atoms with Gasteiger partial charge in [-0.3, -0.25) is 4.79 Å². The van der Waals surface area contributed by atoms with Gasteiger partial charge in [-0.25, -0.2) is 4.98 Å². The van der Waals surface area contributed by atoms with Crippen LogP contribution in [0, 0.1) is 35.0 Å². The van der Waals surface area contributed by atoms with E-state index in [1.165, 1.54) is 37.2 Å². The van der Waals surface area contributed by atoms with Crippen molar-refractivity contribution < 1.29 is 27.8 Å². The molecule has 1 amide bonds. The Morgan fingerprint density at radius 3 is 2.85 bits per heavy atom. The molecule has 3 aliphatic rings. The van der Waals surface area contributed by atoms with Crippen LogP contribution >= 0.6 is 11.8 Å². The zero-order valence-corrected chi connectivity index (χ0v) is 27.0. The maximum absolute atomic E-state index is 13.7. The lowest BCUT2D eigenvalue weighted by Gasteiger charge is -2.50. The molecular formula is C34H40F3N5O3S. The molecule has 4 N–H and O–H groups in total. The second kappa shape index (κ2) is 12.9. The minimum Gasteiger partial charge on any atom is -0.495 e. The maximum Gasteiger partial charge on any atom is 0.447 e. The van der Waals surface area contributed by atoms with Gasteiger partial charge in [0, 0.05) is 42.3 Å². The summed E-state index contributed by atoms with van der Waals surface area (Å²) >= 11 is -0.179. The number of amides is 1. The van der Waals surface area contributed by atoms with Crippen LogP contribution in [0.25, 0.3) is 5.52 Å². The van der Waals surface area contributed by atoms with Gasteiger partial charge in [0.1, 0.15) is 10.8 Å². The fourth-order valence-electron chi connectivity index (χ4n) is 7.95. The van der Waals surface area contributed by atoms with E-state index < -0.39 is 11.6 Å². The highest BCUT2D eigenvalue weighted by molar-refractivity contribution is 8.00. The van der Waals surface area contributed by atoms with Crippen molar-refractivity contribution >= 4 is 34.7 Å². The number of benzene rings is 1. The molecule has 0 radical (unpaired) electrons. The van der Waals surface area contributed by atoms with E-state index in [9.17, 15) is 23.1 Å². The zero-order valence-electron chi connectivity index (χ0n) is 26.2. The molecule has 246 valence electrons. The average Bonchev–Trinajstić information content (AvgIpc) is 3.49. The highest BCUT2D eigenvalue weighted by Gasteiger charge is 2.56. The fraction of sp³-hybridized carbons (Fsp3) is 0.529.